The minimum absolute atomic E-state index is 0.251. The van der Waals surface area contributed by atoms with E-state index in [-0.39, 0.29) is 18.4 Å². The highest BCUT2D eigenvalue weighted by Gasteiger charge is 2.10. The van der Waals surface area contributed by atoms with Gasteiger partial charge in [-0.3, -0.25) is 9.59 Å². The summed E-state index contributed by atoms with van der Waals surface area (Å²) in [5, 5.41) is 0. The first kappa shape index (κ1) is 10.9. The highest BCUT2D eigenvalue weighted by molar-refractivity contribution is 5.69. The van der Waals surface area contributed by atoms with Gasteiger partial charge in [0.1, 0.15) is 0 Å². The lowest BCUT2D eigenvalue weighted by atomic mass is 10.1. The van der Waals surface area contributed by atoms with Crippen LogP contribution in [0.5, 0.6) is 0 Å². The maximum atomic E-state index is 10.9. The van der Waals surface area contributed by atoms with Gasteiger partial charge in [-0.2, -0.15) is 0 Å². The van der Waals surface area contributed by atoms with Gasteiger partial charge in [-0.25, -0.2) is 0 Å². The van der Waals surface area contributed by atoms with E-state index in [1.165, 1.54) is 6.92 Å². The molecule has 1 unspecified atom stereocenters. The molecule has 0 fully saturated rings. The summed E-state index contributed by atoms with van der Waals surface area (Å²) in [6.45, 7) is 5.57. The monoisotopic (exact) mass is 174 g/mol. The zero-order valence-corrected chi connectivity index (χ0v) is 7.57. The first-order chi connectivity index (χ1) is 5.56. The molecule has 4 heteroatoms. The Morgan fingerprint density at radius 1 is 1.42 bits per heavy atom. The van der Waals surface area contributed by atoms with Gasteiger partial charge in [0.05, 0.1) is 0 Å². The van der Waals surface area contributed by atoms with Crippen molar-refractivity contribution in [3.05, 3.63) is 0 Å². The smallest absolute Gasteiger partial charge is 0.309 e. The Hall–Kier alpha value is -1.06. The molecule has 0 aromatic carbocycles. The minimum Gasteiger partial charge on any atom is -0.428 e. The highest BCUT2D eigenvalue weighted by atomic mass is 16.7. The van der Waals surface area contributed by atoms with E-state index in [0.717, 1.165) is 0 Å². The van der Waals surface area contributed by atoms with Crippen LogP contribution in [0.3, 0.4) is 0 Å². The van der Waals surface area contributed by atoms with Gasteiger partial charge in [0, 0.05) is 13.3 Å². The molecule has 0 aliphatic heterocycles. The lowest BCUT2D eigenvalue weighted by molar-refractivity contribution is -0.176. The van der Waals surface area contributed by atoms with Crippen LogP contribution < -0.4 is 0 Å². The van der Waals surface area contributed by atoms with Gasteiger partial charge in [0.2, 0.25) is 6.29 Å². The summed E-state index contributed by atoms with van der Waals surface area (Å²) in [5.41, 5.74) is 0. The summed E-state index contributed by atoms with van der Waals surface area (Å²) in [4.78, 5) is 20.7. The van der Waals surface area contributed by atoms with E-state index >= 15 is 0 Å². The number of carbonyl (C=O) groups is 2. The van der Waals surface area contributed by atoms with Gasteiger partial charge in [-0.05, 0) is 5.92 Å². The maximum absolute atomic E-state index is 10.9. The van der Waals surface area contributed by atoms with Gasteiger partial charge in [0.25, 0.3) is 6.47 Å². The molecule has 12 heavy (non-hydrogen) atoms. The van der Waals surface area contributed by atoms with Gasteiger partial charge < -0.3 is 9.47 Å². The average Bonchev–Trinajstić information content (AvgIpc) is 1.84. The summed E-state index contributed by atoms with van der Waals surface area (Å²) in [6.07, 6.45) is -0.444. The van der Waals surface area contributed by atoms with Crippen molar-refractivity contribution in [3.8, 4) is 0 Å². The summed E-state index contributed by atoms with van der Waals surface area (Å²) < 4.78 is 9.08. The standard InChI is InChI=1S/C8H14O4/c1-6(2)4-8(10)12-7(3)11-5-9/h5-7H,4H2,1-3H3. The zero-order valence-electron chi connectivity index (χ0n) is 7.57. The molecule has 0 spiro atoms. The van der Waals surface area contributed by atoms with Gasteiger partial charge in [-0.1, -0.05) is 13.8 Å². The van der Waals surface area contributed by atoms with Crippen molar-refractivity contribution in [2.75, 3.05) is 0 Å². The van der Waals surface area contributed by atoms with Crippen LogP contribution in [0.2, 0.25) is 0 Å². The molecule has 0 amide bonds. The van der Waals surface area contributed by atoms with Crippen LogP contribution in [-0.4, -0.2) is 18.7 Å². The van der Waals surface area contributed by atoms with E-state index < -0.39 is 6.29 Å². The molecule has 0 aromatic heterocycles. The molecule has 70 valence electrons. The van der Waals surface area contributed by atoms with Crippen LogP contribution in [-0.2, 0) is 19.1 Å². The zero-order chi connectivity index (χ0) is 9.56. The van der Waals surface area contributed by atoms with Crippen molar-refractivity contribution in [1.29, 1.82) is 0 Å². The number of ether oxygens (including phenoxy) is 2. The Balaban J connectivity index is 3.61. The highest BCUT2D eigenvalue weighted by Crippen LogP contribution is 2.03. The second-order valence-electron chi connectivity index (χ2n) is 2.89. The van der Waals surface area contributed by atoms with E-state index in [4.69, 9.17) is 4.74 Å². The Labute approximate surface area is 71.8 Å². The van der Waals surface area contributed by atoms with E-state index in [9.17, 15) is 9.59 Å². The predicted molar refractivity (Wildman–Crippen MR) is 42.2 cm³/mol. The number of hydrogen-bond donors (Lipinski definition) is 0. The van der Waals surface area contributed by atoms with Crippen LogP contribution in [0.15, 0.2) is 0 Å². The predicted octanol–water partition coefficient (Wildman–Crippen LogP) is 1.09. The van der Waals surface area contributed by atoms with E-state index in [1.807, 2.05) is 13.8 Å². The van der Waals surface area contributed by atoms with Crippen molar-refractivity contribution in [2.24, 2.45) is 5.92 Å². The SMILES string of the molecule is CC(C)CC(=O)OC(C)OC=O. The lowest BCUT2D eigenvalue weighted by Crippen LogP contribution is -2.18. The number of rotatable bonds is 5. The summed E-state index contributed by atoms with van der Waals surface area (Å²) >= 11 is 0. The molecule has 0 heterocycles. The number of esters is 1. The average molecular weight is 174 g/mol. The Kier molecular flexibility index (Phi) is 5.08. The molecule has 0 N–H and O–H groups in total. The molecule has 0 aromatic rings. The van der Waals surface area contributed by atoms with Crippen molar-refractivity contribution < 1.29 is 19.1 Å². The number of carbonyl (C=O) groups excluding carboxylic acids is 2. The second kappa shape index (κ2) is 5.57. The van der Waals surface area contributed by atoms with E-state index in [1.54, 1.807) is 0 Å². The summed E-state index contributed by atoms with van der Waals surface area (Å²) in [6, 6.07) is 0. The third kappa shape index (κ3) is 5.70. The Morgan fingerprint density at radius 3 is 2.42 bits per heavy atom. The minimum atomic E-state index is -0.784. The second-order valence-corrected chi connectivity index (χ2v) is 2.89. The van der Waals surface area contributed by atoms with Gasteiger partial charge in [-0.15, -0.1) is 0 Å². The maximum Gasteiger partial charge on any atom is 0.309 e. The molecule has 1 atom stereocenters. The van der Waals surface area contributed by atoms with Crippen molar-refractivity contribution >= 4 is 12.4 Å². The fourth-order valence-corrected chi connectivity index (χ4v) is 0.673. The third-order valence-electron chi connectivity index (χ3n) is 1.12. The molecular formula is C8H14O4. The van der Waals surface area contributed by atoms with Crippen molar-refractivity contribution in [3.63, 3.8) is 0 Å². The molecular weight excluding hydrogens is 160 g/mol. The normalized spacial score (nSPS) is 12.3. The van der Waals surface area contributed by atoms with E-state index in [2.05, 4.69) is 4.74 Å². The lowest BCUT2D eigenvalue weighted by Gasteiger charge is -2.11. The largest absolute Gasteiger partial charge is 0.428 e. The third-order valence-corrected chi connectivity index (χ3v) is 1.12. The molecule has 4 nitrogen and oxygen atoms in total. The first-order valence-electron chi connectivity index (χ1n) is 3.84. The van der Waals surface area contributed by atoms with Crippen LogP contribution in [0.25, 0.3) is 0 Å². The molecule has 0 rings (SSSR count). The Morgan fingerprint density at radius 2 is 2.00 bits per heavy atom. The molecule has 0 radical (unpaired) electrons. The molecule has 0 bridgehead atoms. The van der Waals surface area contributed by atoms with Gasteiger partial charge in [0.15, 0.2) is 0 Å². The fraction of sp³-hybridized carbons (Fsp3) is 0.750. The first-order valence-corrected chi connectivity index (χ1v) is 3.84. The van der Waals surface area contributed by atoms with Crippen LogP contribution in [0.4, 0.5) is 0 Å². The van der Waals surface area contributed by atoms with Crippen LogP contribution >= 0.6 is 0 Å². The van der Waals surface area contributed by atoms with Crippen molar-refractivity contribution in [2.45, 2.75) is 33.5 Å². The molecule has 0 aliphatic carbocycles. The summed E-state index contributed by atoms with van der Waals surface area (Å²) in [7, 11) is 0. The molecule has 0 saturated carbocycles. The van der Waals surface area contributed by atoms with Crippen LogP contribution in [0, 0.1) is 5.92 Å². The summed E-state index contributed by atoms with van der Waals surface area (Å²) in [5.74, 6) is -0.0970. The molecule has 0 aliphatic rings. The number of hydrogen-bond acceptors (Lipinski definition) is 4. The Bertz CT molecular complexity index is 153. The van der Waals surface area contributed by atoms with Crippen molar-refractivity contribution in [1.82, 2.24) is 0 Å². The van der Waals surface area contributed by atoms with Crippen LogP contribution in [0.1, 0.15) is 27.2 Å². The van der Waals surface area contributed by atoms with Gasteiger partial charge >= 0.3 is 5.97 Å². The topological polar surface area (TPSA) is 52.6 Å². The molecule has 0 saturated heterocycles. The van der Waals surface area contributed by atoms with E-state index in [0.29, 0.717) is 6.42 Å². The fourth-order valence-electron chi connectivity index (χ4n) is 0.673. The quantitative estimate of drug-likeness (QED) is 0.355.